The Hall–Kier alpha value is -3.01. The van der Waals surface area contributed by atoms with Crippen molar-refractivity contribution in [3.8, 4) is 5.75 Å². The molecule has 0 saturated carbocycles. The van der Waals surface area contributed by atoms with Crippen LogP contribution in [-0.2, 0) is 9.47 Å². The van der Waals surface area contributed by atoms with Gasteiger partial charge in [-0.05, 0) is 35.6 Å². The van der Waals surface area contributed by atoms with Gasteiger partial charge in [-0.25, -0.2) is 0 Å². The molecule has 2 aromatic rings. The Morgan fingerprint density at radius 2 is 1.94 bits per heavy atom. The van der Waals surface area contributed by atoms with Crippen LogP contribution >= 0.6 is 11.8 Å². The number of carbonyl (C=O) groups is 1. The van der Waals surface area contributed by atoms with Crippen molar-refractivity contribution in [1.82, 2.24) is 9.58 Å². The number of hydrogen-bond acceptors (Lipinski definition) is 7. The molecule has 1 amide bonds. The van der Waals surface area contributed by atoms with Gasteiger partial charge in [-0.2, -0.15) is 0 Å². The number of allylic oxidation sites excluding steroid dienone is 2. The van der Waals surface area contributed by atoms with E-state index in [4.69, 9.17) is 9.47 Å². The van der Waals surface area contributed by atoms with E-state index in [0.717, 1.165) is 24.2 Å². The molecule has 0 radical (unpaired) electrons. The minimum Gasteiger partial charge on any atom is -0.502 e. The number of ether oxygens (including phenoxy) is 2. The third-order valence-corrected chi connectivity index (χ3v) is 9.11. The van der Waals surface area contributed by atoms with Crippen LogP contribution in [0.2, 0.25) is 0 Å². The second-order valence-electron chi connectivity index (χ2n) is 9.86. The molecule has 4 aliphatic heterocycles. The Kier molecular flexibility index (Phi) is 5.09. The Morgan fingerprint density at radius 1 is 1.11 bits per heavy atom. The van der Waals surface area contributed by atoms with Crippen molar-refractivity contribution in [2.45, 2.75) is 48.6 Å². The number of fused-ring (bicyclic) bond motifs is 3. The fourth-order valence-corrected chi connectivity index (χ4v) is 7.43. The molecule has 1 aromatic heterocycles. The summed E-state index contributed by atoms with van der Waals surface area (Å²) in [6, 6.07) is 9.57. The molecule has 9 heteroatoms. The van der Waals surface area contributed by atoms with Crippen molar-refractivity contribution < 1.29 is 19.4 Å². The van der Waals surface area contributed by atoms with Crippen molar-refractivity contribution in [2.24, 2.45) is 0 Å². The molecular formula is C27H27N3O5S. The number of thioether (sulfide) groups is 1. The highest BCUT2D eigenvalue weighted by molar-refractivity contribution is 7.99. The van der Waals surface area contributed by atoms with Crippen LogP contribution in [0.15, 0.2) is 69.5 Å². The second-order valence-corrected chi connectivity index (χ2v) is 10.9. The van der Waals surface area contributed by atoms with Crippen molar-refractivity contribution in [3.05, 3.63) is 81.3 Å². The highest BCUT2D eigenvalue weighted by atomic mass is 32.2. The maximum atomic E-state index is 13.7. The Bertz CT molecular complexity index is 1380. The molecular weight excluding hydrogens is 478 g/mol. The summed E-state index contributed by atoms with van der Waals surface area (Å²) in [6.45, 7) is 1.49. The summed E-state index contributed by atoms with van der Waals surface area (Å²) in [7, 11) is 0. The van der Waals surface area contributed by atoms with E-state index in [1.807, 2.05) is 11.8 Å². The molecule has 2 atom stereocenters. The van der Waals surface area contributed by atoms with Crippen molar-refractivity contribution in [3.63, 3.8) is 0 Å². The van der Waals surface area contributed by atoms with Gasteiger partial charge in [0.25, 0.3) is 5.91 Å². The summed E-state index contributed by atoms with van der Waals surface area (Å²) in [6.07, 6.45) is 8.59. The molecule has 2 fully saturated rings. The van der Waals surface area contributed by atoms with Gasteiger partial charge in [0.15, 0.2) is 17.2 Å². The highest BCUT2D eigenvalue weighted by Crippen LogP contribution is 2.48. The Morgan fingerprint density at radius 3 is 2.81 bits per heavy atom. The molecule has 2 saturated heterocycles. The van der Waals surface area contributed by atoms with Gasteiger partial charge in [-0.1, -0.05) is 30.4 Å². The van der Waals surface area contributed by atoms with Gasteiger partial charge in [0, 0.05) is 42.3 Å². The van der Waals surface area contributed by atoms with Crippen LogP contribution in [0, 0.1) is 0 Å². The molecule has 1 aromatic carbocycles. The normalized spacial score (nSPS) is 26.4. The van der Waals surface area contributed by atoms with Crippen LogP contribution in [-0.4, -0.2) is 58.1 Å². The smallest absolute Gasteiger partial charge is 0.278 e. The summed E-state index contributed by atoms with van der Waals surface area (Å²) < 4.78 is 13.9. The second kappa shape index (κ2) is 8.26. The van der Waals surface area contributed by atoms with Crippen LogP contribution in [0.5, 0.6) is 5.75 Å². The van der Waals surface area contributed by atoms with Crippen molar-refractivity contribution in [1.29, 1.82) is 0 Å². The first-order valence-corrected chi connectivity index (χ1v) is 13.5. The lowest BCUT2D eigenvalue weighted by atomic mass is 9.86. The SMILES string of the molecule is O=C1c2c(O)c(=O)ccn2N([C@H]2C3=C(C=CCC3)CSc3ccccc32)C2CC3(CCN12)OCCO3. The number of benzene rings is 1. The molecule has 36 heavy (non-hydrogen) atoms. The van der Waals surface area contributed by atoms with Crippen LogP contribution in [0.1, 0.15) is 47.8 Å². The van der Waals surface area contributed by atoms with Gasteiger partial charge in [-0.15, -0.1) is 11.8 Å². The number of amides is 1. The molecule has 1 spiro atoms. The summed E-state index contributed by atoms with van der Waals surface area (Å²) in [5.41, 5.74) is 3.23. The predicted molar refractivity (Wildman–Crippen MR) is 135 cm³/mol. The van der Waals surface area contributed by atoms with Gasteiger partial charge in [-0.3, -0.25) is 19.3 Å². The van der Waals surface area contributed by atoms with Gasteiger partial charge in [0.1, 0.15) is 6.17 Å². The summed E-state index contributed by atoms with van der Waals surface area (Å²) in [5, 5.41) is 13.0. The first-order chi connectivity index (χ1) is 17.6. The van der Waals surface area contributed by atoms with E-state index in [1.165, 1.54) is 22.1 Å². The summed E-state index contributed by atoms with van der Waals surface area (Å²) in [4.78, 5) is 29.1. The van der Waals surface area contributed by atoms with E-state index in [9.17, 15) is 14.7 Å². The zero-order valence-electron chi connectivity index (χ0n) is 19.8. The molecule has 8 nitrogen and oxygen atoms in total. The third-order valence-electron chi connectivity index (χ3n) is 7.98. The maximum absolute atomic E-state index is 13.7. The summed E-state index contributed by atoms with van der Waals surface area (Å²) in [5.74, 6) is -0.707. The Labute approximate surface area is 212 Å². The molecule has 186 valence electrons. The Balaban J connectivity index is 1.48. The van der Waals surface area contributed by atoms with E-state index < -0.39 is 17.0 Å². The average molecular weight is 506 g/mol. The standard InChI is InChI=1S/C27H27N3O5S/c31-20-9-11-29-24(25(20)32)26(33)28-12-10-27(34-13-14-35-27)15-22(28)30(29)23-18-6-2-1-5-17(18)16-36-21-8-4-3-7-19(21)23/h1,3-5,7-9,11,22-23,32H,2,6,10,12-16H2/t22?,23-/m0/s1. The lowest BCUT2D eigenvalue weighted by Crippen LogP contribution is -2.67. The van der Waals surface area contributed by atoms with E-state index in [2.05, 4.69) is 41.4 Å². The minimum atomic E-state index is -0.735. The monoisotopic (exact) mass is 505 g/mol. The first kappa shape index (κ1) is 22.2. The maximum Gasteiger partial charge on any atom is 0.278 e. The molecule has 1 N–H and O–H groups in total. The number of aromatic nitrogens is 1. The van der Waals surface area contributed by atoms with Crippen molar-refractivity contribution >= 4 is 17.7 Å². The number of rotatable bonds is 1. The first-order valence-electron chi connectivity index (χ1n) is 12.5. The molecule has 5 aliphatic rings. The lowest BCUT2D eigenvalue weighted by molar-refractivity contribution is -0.195. The fraction of sp³-hybridized carbons (Fsp3) is 0.407. The van der Waals surface area contributed by atoms with E-state index in [0.29, 0.717) is 32.6 Å². The van der Waals surface area contributed by atoms with Gasteiger partial charge in [0.2, 0.25) is 5.43 Å². The zero-order valence-corrected chi connectivity index (χ0v) is 20.6. The largest absolute Gasteiger partial charge is 0.502 e. The number of nitrogens with zero attached hydrogens (tertiary/aromatic N) is 3. The van der Waals surface area contributed by atoms with E-state index in [1.54, 1.807) is 15.8 Å². The molecule has 1 unspecified atom stereocenters. The molecule has 0 bridgehead atoms. The highest BCUT2D eigenvalue weighted by Gasteiger charge is 2.53. The van der Waals surface area contributed by atoms with Crippen LogP contribution in [0.25, 0.3) is 0 Å². The van der Waals surface area contributed by atoms with Crippen LogP contribution < -0.4 is 10.4 Å². The number of piperidine rings is 1. The zero-order chi connectivity index (χ0) is 24.4. The van der Waals surface area contributed by atoms with Gasteiger partial charge in [0.05, 0.1) is 19.3 Å². The molecule has 7 rings (SSSR count). The number of aromatic hydroxyl groups is 1. The average Bonchev–Trinajstić information content (AvgIpc) is 3.28. The third kappa shape index (κ3) is 3.22. The lowest BCUT2D eigenvalue weighted by Gasteiger charge is -2.54. The van der Waals surface area contributed by atoms with E-state index >= 15 is 0 Å². The quantitative estimate of drug-likeness (QED) is 0.637. The number of hydrogen-bond donors (Lipinski definition) is 1. The predicted octanol–water partition coefficient (Wildman–Crippen LogP) is 3.30. The molecule has 1 aliphatic carbocycles. The molecule has 5 heterocycles. The topological polar surface area (TPSA) is 84.2 Å². The van der Waals surface area contributed by atoms with Gasteiger partial charge < -0.3 is 19.5 Å². The van der Waals surface area contributed by atoms with E-state index in [-0.39, 0.29) is 23.8 Å². The number of pyridine rings is 1. The summed E-state index contributed by atoms with van der Waals surface area (Å²) >= 11 is 1.82. The van der Waals surface area contributed by atoms with Crippen molar-refractivity contribution in [2.75, 3.05) is 30.5 Å². The van der Waals surface area contributed by atoms with Crippen LogP contribution in [0.3, 0.4) is 0 Å². The minimum absolute atomic E-state index is 0.0193. The fourth-order valence-electron chi connectivity index (χ4n) is 6.32. The number of carbonyl (C=O) groups excluding carboxylic acids is 1. The van der Waals surface area contributed by atoms with Crippen LogP contribution in [0.4, 0.5) is 0 Å². The van der Waals surface area contributed by atoms with Gasteiger partial charge >= 0.3 is 0 Å².